The molecular formula is C15H18N2OS. The maximum atomic E-state index is 9.32. The predicted octanol–water partition coefficient (Wildman–Crippen LogP) is 3.10. The molecule has 0 spiro atoms. The highest BCUT2D eigenvalue weighted by Crippen LogP contribution is 2.33. The summed E-state index contributed by atoms with van der Waals surface area (Å²) in [6.07, 6.45) is 6.74. The number of ether oxygens (including phenoxy) is 1. The van der Waals surface area contributed by atoms with E-state index in [2.05, 4.69) is 12.1 Å². The van der Waals surface area contributed by atoms with Crippen molar-refractivity contribution in [3.63, 3.8) is 0 Å². The Morgan fingerprint density at radius 3 is 2.84 bits per heavy atom. The summed E-state index contributed by atoms with van der Waals surface area (Å²) in [6.45, 7) is 1.68. The number of hydrogen-bond acceptors (Lipinski definition) is 4. The van der Waals surface area contributed by atoms with E-state index in [0.29, 0.717) is 5.25 Å². The molecule has 3 nitrogen and oxygen atoms in total. The Balaban J connectivity index is 1.84. The second-order valence-electron chi connectivity index (χ2n) is 5.20. The fraction of sp³-hybridized carbons (Fsp3) is 0.600. The van der Waals surface area contributed by atoms with Gasteiger partial charge in [-0.15, -0.1) is 11.8 Å². The molecule has 19 heavy (non-hydrogen) atoms. The molecule has 1 aromatic rings. The third kappa shape index (κ3) is 2.93. The highest BCUT2D eigenvalue weighted by Gasteiger charge is 2.20. The quantitative estimate of drug-likeness (QED) is 0.831. The highest BCUT2D eigenvalue weighted by atomic mass is 32.2. The van der Waals surface area contributed by atoms with Gasteiger partial charge in [0.15, 0.2) is 0 Å². The first-order valence-corrected chi connectivity index (χ1v) is 7.92. The minimum absolute atomic E-state index is 0.551. The van der Waals surface area contributed by atoms with Gasteiger partial charge in [-0.05, 0) is 50.2 Å². The second-order valence-corrected chi connectivity index (χ2v) is 6.48. The lowest BCUT2D eigenvalue weighted by atomic mass is 9.95. The average Bonchev–Trinajstić information content (AvgIpc) is 2.47. The molecule has 1 aromatic heterocycles. The first kappa shape index (κ1) is 13.0. The van der Waals surface area contributed by atoms with Crippen LogP contribution in [0.2, 0.25) is 0 Å². The summed E-state index contributed by atoms with van der Waals surface area (Å²) in [7, 11) is 0. The van der Waals surface area contributed by atoms with Crippen LogP contribution in [0, 0.1) is 11.3 Å². The lowest BCUT2D eigenvalue weighted by Crippen LogP contribution is -2.18. The maximum Gasteiger partial charge on any atom is 0.114 e. The topological polar surface area (TPSA) is 45.9 Å². The van der Waals surface area contributed by atoms with Crippen molar-refractivity contribution >= 4 is 11.8 Å². The van der Waals surface area contributed by atoms with Crippen molar-refractivity contribution in [3.8, 4) is 6.07 Å². The summed E-state index contributed by atoms with van der Waals surface area (Å²) in [6, 6.07) is 4.39. The van der Waals surface area contributed by atoms with Crippen molar-refractivity contribution in [2.24, 2.45) is 0 Å². The van der Waals surface area contributed by atoms with Crippen LogP contribution in [0.25, 0.3) is 0 Å². The Bertz CT molecular complexity index is 504. The van der Waals surface area contributed by atoms with Crippen LogP contribution in [0.4, 0.5) is 0 Å². The van der Waals surface area contributed by atoms with Crippen LogP contribution in [-0.2, 0) is 17.6 Å². The predicted molar refractivity (Wildman–Crippen MR) is 75.3 cm³/mol. The summed E-state index contributed by atoms with van der Waals surface area (Å²) < 4.78 is 5.39. The molecule has 0 bridgehead atoms. The van der Waals surface area contributed by atoms with Gasteiger partial charge in [-0.25, -0.2) is 4.98 Å². The van der Waals surface area contributed by atoms with Crippen LogP contribution in [0.3, 0.4) is 0 Å². The van der Waals surface area contributed by atoms with E-state index in [1.54, 1.807) is 11.8 Å². The smallest absolute Gasteiger partial charge is 0.114 e. The zero-order valence-electron chi connectivity index (χ0n) is 11.0. The van der Waals surface area contributed by atoms with Gasteiger partial charge in [0.05, 0.1) is 5.56 Å². The molecule has 0 aromatic carbocycles. The first-order valence-electron chi connectivity index (χ1n) is 7.04. The monoisotopic (exact) mass is 274 g/mol. The van der Waals surface area contributed by atoms with E-state index in [0.717, 1.165) is 49.5 Å². The van der Waals surface area contributed by atoms with Gasteiger partial charge in [-0.3, -0.25) is 0 Å². The number of hydrogen-bond donors (Lipinski definition) is 0. The Morgan fingerprint density at radius 2 is 2.05 bits per heavy atom. The molecule has 1 aliphatic heterocycles. The van der Waals surface area contributed by atoms with Gasteiger partial charge in [-0.1, -0.05) is 0 Å². The molecule has 0 atom stereocenters. The molecule has 0 amide bonds. The number of aryl methyl sites for hydroxylation is 2. The van der Waals surface area contributed by atoms with Gasteiger partial charge in [0.25, 0.3) is 0 Å². The van der Waals surface area contributed by atoms with Crippen molar-refractivity contribution in [1.82, 2.24) is 4.98 Å². The van der Waals surface area contributed by atoms with Crippen molar-refractivity contribution < 1.29 is 4.74 Å². The number of aromatic nitrogens is 1. The third-order valence-corrected chi connectivity index (χ3v) is 5.17. The zero-order chi connectivity index (χ0) is 13.1. The fourth-order valence-corrected chi connectivity index (χ4v) is 3.87. The van der Waals surface area contributed by atoms with E-state index >= 15 is 0 Å². The first-order chi connectivity index (χ1) is 9.36. The van der Waals surface area contributed by atoms with Gasteiger partial charge >= 0.3 is 0 Å². The summed E-state index contributed by atoms with van der Waals surface area (Å²) in [5.41, 5.74) is 3.27. The van der Waals surface area contributed by atoms with Crippen molar-refractivity contribution in [3.05, 3.63) is 22.9 Å². The van der Waals surface area contributed by atoms with E-state index in [1.807, 2.05) is 0 Å². The Morgan fingerprint density at radius 1 is 1.26 bits per heavy atom. The van der Waals surface area contributed by atoms with Gasteiger partial charge in [0, 0.05) is 24.2 Å². The third-order valence-electron chi connectivity index (χ3n) is 3.83. The molecule has 4 heteroatoms. The minimum Gasteiger partial charge on any atom is -0.381 e. The SMILES string of the molecule is N#Cc1cc2c(nc1SC1CCOCC1)CCCC2. The van der Waals surface area contributed by atoms with Crippen molar-refractivity contribution in [2.75, 3.05) is 13.2 Å². The normalized spacial score (nSPS) is 19.7. The number of rotatable bonds is 2. The Hall–Kier alpha value is -1.05. The van der Waals surface area contributed by atoms with Gasteiger partial charge in [-0.2, -0.15) is 5.26 Å². The van der Waals surface area contributed by atoms with E-state index in [9.17, 15) is 5.26 Å². The molecule has 0 unspecified atom stereocenters. The van der Waals surface area contributed by atoms with Gasteiger partial charge < -0.3 is 4.74 Å². The molecule has 0 saturated carbocycles. The molecule has 1 fully saturated rings. The number of thioether (sulfide) groups is 1. The Labute approximate surface area is 118 Å². The van der Waals surface area contributed by atoms with Gasteiger partial charge in [0.2, 0.25) is 0 Å². The molecule has 3 rings (SSSR count). The molecular weight excluding hydrogens is 256 g/mol. The lowest BCUT2D eigenvalue weighted by molar-refractivity contribution is 0.1000. The van der Waals surface area contributed by atoms with Crippen LogP contribution < -0.4 is 0 Å². The van der Waals surface area contributed by atoms with Crippen molar-refractivity contribution in [1.29, 1.82) is 5.26 Å². The number of nitrogens with zero attached hydrogens (tertiary/aromatic N) is 2. The average molecular weight is 274 g/mol. The standard InChI is InChI=1S/C15H18N2OS/c16-10-12-9-11-3-1-2-4-14(11)17-15(12)19-13-5-7-18-8-6-13/h9,13H,1-8H2. The van der Waals surface area contributed by atoms with Crippen LogP contribution >= 0.6 is 11.8 Å². The van der Waals surface area contributed by atoms with Gasteiger partial charge in [0.1, 0.15) is 11.1 Å². The Kier molecular flexibility index (Phi) is 4.05. The number of nitriles is 1. The van der Waals surface area contributed by atoms with E-state index < -0.39 is 0 Å². The summed E-state index contributed by atoms with van der Waals surface area (Å²) >= 11 is 1.77. The van der Waals surface area contributed by atoms with Crippen LogP contribution in [0.1, 0.15) is 42.5 Å². The second kappa shape index (κ2) is 5.94. The lowest BCUT2D eigenvalue weighted by Gasteiger charge is -2.22. The molecule has 2 heterocycles. The van der Waals surface area contributed by atoms with E-state index in [1.165, 1.54) is 24.1 Å². The molecule has 100 valence electrons. The summed E-state index contributed by atoms with van der Waals surface area (Å²) in [5.74, 6) is 0. The largest absolute Gasteiger partial charge is 0.381 e. The molecule has 2 aliphatic rings. The van der Waals surface area contributed by atoms with Crippen LogP contribution in [0.5, 0.6) is 0 Å². The summed E-state index contributed by atoms with van der Waals surface area (Å²) in [4.78, 5) is 4.78. The molecule has 1 aliphatic carbocycles. The number of fused-ring (bicyclic) bond motifs is 1. The van der Waals surface area contributed by atoms with Crippen LogP contribution in [-0.4, -0.2) is 23.4 Å². The van der Waals surface area contributed by atoms with Crippen LogP contribution in [0.15, 0.2) is 11.1 Å². The molecule has 0 N–H and O–H groups in total. The number of pyridine rings is 1. The minimum atomic E-state index is 0.551. The summed E-state index contributed by atoms with van der Waals surface area (Å²) in [5, 5.41) is 10.8. The van der Waals surface area contributed by atoms with E-state index in [-0.39, 0.29) is 0 Å². The molecule has 0 radical (unpaired) electrons. The highest BCUT2D eigenvalue weighted by molar-refractivity contribution is 7.99. The van der Waals surface area contributed by atoms with E-state index in [4.69, 9.17) is 9.72 Å². The fourth-order valence-electron chi connectivity index (χ4n) is 2.74. The zero-order valence-corrected chi connectivity index (χ0v) is 11.8. The van der Waals surface area contributed by atoms with Crippen molar-refractivity contribution in [2.45, 2.75) is 48.8 Å². The maximum absolute atomic E-state index is 9.32. The molecule has 1 saturated heterocycles.